The van der Waals surface area contributed by atoms with Crippen LogP contribution < -0.4 is 5.32 Å². The molecule has 2 aromatic carbocycles. The van der Waals surface area contributed by atoms with Crippen LogP contribution in [0.5, 0.6) is 0 Å². The van der Waals surface area contributed by atoms with Crippen LogP contribution in [0.1, 0.15) is 24.0 Å². The van der Waals surface area contributed by atoms with Crippen molar-refractivity contribution in [3.63, 3.8) is 0 Å². The molecule has 0 spiro atoms. The van der Waals surface area contributed by atoms with Gasteiger partial charge in [-0.15, -0.1) is 0 Å². The van der Waals surface area contributed by atoms with Crippen LogP contribution in [-0.2, 0) is 13.1 Å². The molecule has 1 fully saturated rings. The van der Waals surface area contributed by atoms with Crippen molar-refractivity contribution >= 4 is 5.69 Å². The van der Waals surface area contributed by atoms with Crippen molar-refractivity contribution in [2.24, 2.45) is 5.92 Å². The summed E-state index contributed by atoms with van der Waals surface area (Å²) in [7, 11) is 0. The van der Waals surface area contributed by atoms with Crippen LogP contribution in [0.4, 0.5) is 14.5 Å². The summed E-state index contributed by atoms with van der Waals surface area (Å²) in [4.78, 5) is 2.37. The first kappa shape index (κ1) is 17.8. The van der Waals surface area contributed by atoms with Crippen LogP contribution in [0.25, 0.3) is 0 Å². The average Bonchev–Trinajstić information content (AvgIpc) is 2.64. The Labute approximate surface area is 147 Å². The number of nitrogens with zero attached hydrogens (tertiary/aromatic N) is 1. The molecule has 2 aromatic rings. The van der Waals surface area contributed by atoms with Crippen molar-refractivity contribution in [3.05, 3.63) is 65.2 Å². The van der Waals surface area contributed by atoms with Crippen molar-refractivity contribution in [1.29, 1.82) is 0 Å². The molecule has 0 unspecified atom stereocenters. The monoisotopic (exact) mass is 346 g/mol. The van der Waals surface area contributed by atoms with E-state index in [9.17, 15) is 13.9 Å². The minimum Gasteiger partial charge on any atom is -0.396 e. The first-order valence-electron chi connectivity index (χ1n) is 8.74. The van der Waals surface area contributed by atoms with Crippen LogP contribution in [-0.4, -0.2) is 29.7 Å². The molecule has 1 aliphatic rings. The van der Waals surface area contributed by atoms with Crippen LogP contribution in [0.2, 0.25) is 0 Å². The molecule has 1 aliphatic heterocycles. The van der Waals surface area contributed by atoms with Gasteiger partial charge in [0.1, 0.15) is 11.6 Å². The molecule has 0 atom stereocenters. The maximum absolute atomic E-state index is 13.8. The van der Waals surface area contributed by atoms with Crippen molar-refractivity contribution < 1.29 is 13.9 Å². The summed E-state index contributed by atoms with van der Waals surface area (Å²) in [6, 6.07) is 11.5. The summed E-state index contributed by atoms with van der Waals surface area (Å²) in [5, 5.41) is 12.5. The van der Waals surface area contributed by atoms with Gasteiger partial charge < -0.3 is 10.4 Å². The summed E-state index contributed by atoms with van der Waals surface area (Å²) in [6.07, 6.45) is 2.03. The van der Waals surface area contributed by atoms with Crippen LogP contribution in [0.3, 0.4) is 0 Å². The molecule has 0 radical (unpaired) electrons. The Morgan fingerprint density at radius 3 is 2.56 bits per heavy atom. The molecular formula is C20H24F2N2O. The lowest BCUT2D eigenvalue weighted by molar-refractivity contribution is 0.127. The van der Waals surface area contributed by atoms with E-state index in [1.165, 1.54) is 6.07 Å². The Morgan fingerprint density at radius 2 is 1.80 bits per heavy atom. The summed E-state index contributed by atoms with van der Waals surface area (Å²) in [5.74, 6) is -0.420. The number of hydrogen-bond acceptors (Lipinski definition) is 3. The Kier molecular flexibility index (Phi) is 6.00. The number of anilines is 1. The average molecular weight is 346 g/mol. The molecule has 25 heavy (non-hydrogen) atoms. The number of aliphatic hydroxyl groups excluding tert-OH is 1. The quantitative estimate of drug-likeness (QED) is 0.836. The van der Waals surface area contributed by atoms with Gasteiger partial charge in [0.25, 0.3) is 0 Å². The van der Waals surface area contributed by atoms with Gasteiger partial charge in [-0.1, -0.05) is 18.2 Å². The molecule has 2 N–H and O–H groups in total. The first-order valence-corrected chi connectivity index (χ1v) is 8.74. The number of piperidine rings is 1. The maximum Gasteiger partial charge on any atom is 0.128 e. The van der Waals surface area contributed by atoms with E-state index in [0.717, 1.165) is 55.9 Å². The third kappa shape index (κ3) is 4.77. The number of hydrogen-bond donors (Lipinski definition) is 2. The number of nitrogens with one attached hydrogen (secondary N) is 1. The molecule has 134 valence electrons. The number of halogens is 2. The fourth-order valence-electron chi connectivity index (χ4n) is 3.27. The molecule has 0 bridgehead atoms. The molecular weight excluding hydrogens is 322 g/mol. The van der Waals surface area contributed by atoms with Crippen molar-refractivity contribution in [2.75, 3.05) is 25.0 Å². The van der Waals surface area contributed by atoms with E-state index >= 15 is 0 Å². The highest BCUT2D eigenvalue weighted by Crippen LogP contribution is 2.23. The van der Waals surface area contributed by atoms with Crippen LogP contribution in [0, 0.1) is 17.6 Å². The zero-order valence-corrected chi connectivity index (χ0v) is 14.2. The standard InChI is InChI=1S/C20H24F2N2O/c21-18-5-6-19(22)17(11-18)12-23-20-4-2-1-3-16(20)13-24-9-7-15(14-25)8-10-24/h1-6,11,15,23,25H,7-10,12-14H2. The van der Waals surface area contributed by atoms with Gasteiger partial charge in [0.05, 0.1) is 0 Å². The molecule has 0 aromatic heterocycles. The van der Waals surface area contributed by atoms with Gasteiger partial charge >= 0.3 is 0 Å². The Bertz CT molecular complexity index is 700. The normalized spacial score (nSPS) is 16.1. The lowest BCUT2D eigenvalue weighted by Gasteiger charge is -2.31. The largest absolute Gasteiger partial charge is 0.396 e. The fraction of sp³-hybridized carbons (Fsp3) is 0.400. The van der Waals surface area contributed by atoms with Crippen molar-refractivity contribution in [3.8, 4) is 0 Å². The van der Waals surface area contributed by atoms with Crippen molar-refractivity contribution in [2.45, 2.75) is 25.9 Å². The number of para-hydroxylation sites is 1. The highest BCUT2D eigenvalue weighted by Gasteiger charge is 2.19. The summed E-state index contributed by atoms with van der Waals surface area (Å²) in [5.41, 5.74) is 2.40. The van der Waals surface area contributed by atoms with E-state index in [1.807, 2.05) is 18.2 Å². The topological polar surface area (TPSA) is 35.5 Å². The van der Waals surface area contributed by atoms with E-state index in [2.05, 4.69) is 16.3 Å². The molecule has 5 heteroatoms. The number of likely N-dealkylation sites (tertiary alicyclic amines) is 1. The zero-order chi connectivity index (χ0) is 17.6. The van der Waals surface area contributed by atoms with E-state index in [-0.39, 0.29) is 13.2 Å². The summed E-state index contributed by atoms with van der Waals surface area (Å²) in [6.45, 7) is 3.27. The molecule has 1 saturated heterocycles. The minimum atomic E-state index is -0.432. The molecule has 0 amide bonds. The third-order valence-corrected chi connectivity index (χ3v) is 4.85. The molecule has 1 heterocycles. The van der Waals surface area contributed by atoms with Gasteiger partial charge in [-0.05, 0) is 61.7 Å². The van der Waals surface area contributed by atoms with E-state index < -0.39 is 11.6 Å². The highest BCUT2D eigenvalue weighted by atomic mass is 19.1. The van der Waals surface area contributed by atoms with E-state index in [1.54, 1.807) is 0 Å². The molecule has 3 nitrogen and oxygen atoms in total. The van der Waals surface area contributed by atoms with Gasteiger partial charge in [-0.2, -0.15) is 0 Å². The zero-order valence-electron chi connectivity index (χ0n) is 14.2. The number of benzene rings is 2. The molecule has 3 rings (SSSR count). The number of aliphatic hydroxyl groups is 1. The molecule has 0 saturated carbocycles. The van der Waals surface area contributed by atoms with Gasteiger partial charge in [-0.25, -0.2) is 8.78 Å². The van der Waals surface area contributed by atoms with Gasteiger partial charge in [0.15, 0.2) is 0 Å². The predicted molar refractivity (Wildman–Crippen MR) is 95.2 cm³/mol. The van der Waals surface area contributed by atoms with Gasteiger partial charge in [0.2, 0.25) is 0 Å². The van der Waals surface area contributed by atoms with Gasteiger partial charge in [0, 0.05) is 30.9 Å². The first-order chi connectivity index (χ1) is 12.2. The fourth-order valence-corrected chi connectivity index (χ4v) is 3.27. The SMILES string of the molecule is OCC1CCN(Cc2ccccc2NCc2cc(F)ccc2F)CC1. The summed E-state index contributed by atoms with van der Waals surface area (Å²) < 4.78 is 27.1. The van der Waals surface area contributed by atoms with E-state index in [0.29, 0.717) is 11.5 Å². The second kappa shape index (κ2) is 8.41. The Balaban J connectivity index is 1.64. The molecule has 0 aliphatic carbocycles. The van der Waals surface area contributed by atoms with Crippen LogP contribution in [0.15, 0.2) is 42.5 Å². The lowest BCUT2D eigenvalue weighted by Crippen LogP contribution is -2.34. The van der Waals surface area contributed by atoms with Crippen molar-refractivity contribution in [1.82, 2.24) is 4.90 Å². The highest BCUT2D eigenvalue weighted by molar-refractivity contribution is 5.51. The third-order valence-electron chi connectivity index (χ3n) is 4.85. The lowest BCUT2D eigenvalue weighted by atomic mass is 9.97. The Morgan fingerprint density at radius 1 is 1.04 bits per heavy atom. The summed E-state index contributed by atoms with van der Waals surface area (Å²) >= 11 is 0. The second-order valence-corrected chi connectivity index (χ2v) is 6.65. The smallest absolute Gasteiger partial charge is 0.128 e. The number of rotatable bonds is 6. The minimum absolute atomic E-state index is 0.243. The van der Waals surface area contributed by atoms with Gasteiger partial charge in [-0.3, -0.25) is 4.90 Å². The van der Waals surface area contributed by atoms with Crippen LogP contribution >= 0.6 is 0 Å². The second-order valence-electron chi connectivity index (χ2n) is 6.65. The maximum atomic E-state index is 13.8. The van der Waals surface area contributed by atoms with E-state index in [4.69, 9.17) is 0 Å². The predicted octanol–water partition coefficient (Wildman–Crippen LogP) is 3.78. The Hall–Kier alpha value is -1.98.